The second kappa shape index (κ2) is 4.56. The van der Waals surface area contributed by atoms with Gasteiger partial charge in [0.2, 0.25) is 5.91 Å². The standard InChI is InChI=1S/C13H18N2O/c1-9(11-4-5-11)15-13(16)8-10-2-6-12(14)7-3-10/h2-3,6-7,9,11H,4-5,8,14H2,1H3,(H,15,16). The summed E-state index contributed by atoms with van der Waals surface area (Å²) >= 11 is 0. The molecule has 1 fully saturated rings. The minimum atomic E-state index is 0.101. The van der Waals surface area contributed by atoms with E-state index in [1.807, 2.05) is 24.3 Å². The van der Waals surface area contributed by atoms with E-state index in [9.17, 15) is 4.79 Å². The van der Waals surface area contributed by atoms with Crippen molar-refractivity contribution < 1.29 is 4.79 Å². The maximum absolute atomic E-state index is 11.7. The number of anilines is 1. The maximum Gasteiger partial charge on any atom is 0.224 e. The van der Waals surface area contributed by atoms with Crippen LogP contribution in [0.15, 0.2) is 24.3 Å². The van der Waals surface area contributed by atoms with Crippen LogP contribution in [0.25, 0.3) is 0 Å². The lowest BCUT2D eigenvalue weighted by atomic mass is 10.1. The Labute approximate surface area is 96.0 Å². The molecule has 0 radical (unpaired) electrons. The van der Waals surface area contributed by atoms with E-state index in [1.165, 1.54) is 12.8 Å². The Morgan fingerprint density at radius 2 is 2.06 bits per heavy atom. The van der Waals surface area contributed by atoms with Crippen LogP contribution in [0.3, 0.4) is 0 Å². The van der Waals surface area contributed by atoms with Crippen molar-refractivity contribution in [3.05, 3.63) is 29.8 Å². The fourth-order valence-electron chi connectivity index (χ4n) is 1.84. The number of benzene rings is 1. The summed E-state index contributed by atoms with van der Waals surface area (Å²) in [4.78, 5) is 11.7. The first-order valence-corrected chi connectivity index (χ1v) is 5.79. The van der Waals surface area contributed by atoms with Gasteiger partial charge >= 0.3 is 0 Å². The van der Waals surface area contributed by atoms with E-state index >= 15 is 0 Å². The molecular formula is C13H18N2O. The monoisotopic (exact) mass is 218 g/mol. The van der Waals surface area contributed by atoms with Crippen LogP contribution in [0, 0.1) is 5.92 Å². The Morgan fingerprint density at radius 1 is 1.44 bits per heavy atom. The minimum absolute atomic E-state index is 0.101. The first kappa shape index (κ1) is 11.0. The van der Waals surface area contributed by atoms with Gasteiger partial charge in [0.15, 0.2) is 0 Å². The van der Waals surface area contributed by atoms with Crippen molar-refractivity contribution in [2.75, 3.05) is 5.73 Å². The number of rotatable bonds is 4. The van der Waals surface area contributed by atoms with Gasteiger partial charge in [0, 0.05) is 11.7 Å². The summed E-state index contributed by atoms with van der Waals surface area (Å²) in [6.07, 6.45) is 2.95. The molecule has 1 aliphatic carbocycles. The highest BCUT2D eigenvalue weighted by Gasteiger charge is 2.28. The number of carbonyl (C=O) groups excluding carboxylic acids is 1. The van der Waals surface area contributed by atoms with Gasteiger partial charge in [-0.2, -0.15) is 0 Å². The number of hydrogen-bond acceptors (Lipinski definition) is 2. The number of nitrogen functional groups attached to an aromatic ring is 1. The Morgan fingerprint density at radius 3 is 2.62 bits per heavy atom. The molecule has 3 nitrogen and oxygen atoms in total. The summed E-state index contributed by atoms with van der Waals surface area (Å²) in [7, 11) is 0. The lowest BCUT2D eigenvalue weighted by molar-refractivity contribution is -0.121. The van der Waals surface area contributed by atoms with Crippen LogP contribution in [0.4, 0.5) is 5.69 Å². The normalized spacial score (nSPS) is 16.8. The second-order valence-electron chi connectivity index (χ2n) is 4.61. The molecule has 0 saturated heterocycles. The molecule has 1 amide bonds. The zero-order valence-corrected chi connectivity index (χ0v) is 9.57. The summed E-state index contributed by atoms with van der Waals surface area (Å²) < 4.78 is 0. The van der Waals surface area contributed by atoms with Crippen LogP contribution < -0.4 is 11.1 Å². The van der Waals surface area contributed by atoms with Gasteiger partial charge in [-0.3, -0.25) is 4.79 Å². The van der Waals surface area contributed by atoms with Crippen molar-refractivity contribution in [3.63, 3.8) is 0 Å². The molecule has 0 aliphatic heterocycles. The molecule has 0 aromatic heterocycles. The van der Waals surface area contributed by atoms with E-state index in [0.29, 0.717) is 18.4 Å². The average molecular weight is 218 g/mol. The van der Waals surface area contributed by atoms with Gasteiger partial charge in [0.1, 0.15) is 0 Å². The summed E-state index contributed by atoms with van der Waals surface area (Å²) in [5.74, 6) is 0.805. The van der Waals surface area contributed by atoms with Crippen molar-refractivity contribution >= 4 is 11.6 Å². The van der Waals surface area contributed by atoms with E-state index in [4.69, 9.17) is 5.73 Å². The van der Waals surface area contributed by atoms with E-state index in [-0.39, 0.29) is 5.91 Å². The number of nitrogens with one attached hydrogen (secondary N) is 1. The molecule has 0 spiro atoms. The van der Waals surface area contributed by atoms with Gasteiger partial charge in [-0.05, 0) is 43.4 Å². The van der Waals surface area contributed by atoms with Gasteiger partial charge in [-0.25, -0.2) is 0 Å². The zero-order chi connectivity index (χ0) is 11.5. The first-order valence-electron chi connectivity index (χ1n) is 5.79. The summed E-state index contributed by atoms with van der Waals surface area (Å²) in [5.41, 5.74) is 7.33. The van der Waals surface area contributed by atoms with Crippen LogP contribution >= 0.6 is 0 Å². The summed E-state index contributed by atoms with van der Waals surface area (Å²) in [6.45, 7) is 2.08. The quantitative estimate of drug-likeness (QED) is 0.756. The van der Waals surface area contributed by atoms with Crippen molar-refractivity contribution in [3.8, 4) is 0 Å². The lowest BCUT2D eigenvalue weighted by Gasteiger charge is -2.12. The molecule has 1 atom stereocenters. The highest BCUT2D eigenvalue weighted by molar-refractivity contribution is 5.79. The highest BCUT2D eigenvalue weighted by Crippen LogP contribution is 2.32. The number of hydrogen-bond donors (Lipinski definition) is 2. The molecule has 1 aliphatic rings. The van der Waals surface area contributed by atoms with Gasteiger partial charge in [0.25, 0.3) is 0 Å². The van der Waals surface area contributed by atoms with Crippen molar-refractivity contribution in [1.82, 2.24) is 5.32 Å². The Kier molecular flexibility index (Phi) is 3.13. The smallest absolute Gasteiger partial charge is 0.224 e. The van der Waals surface area contributed by atoms with Crippen molar-refractivity contribution in [1.29, 1.82) is 0 Å². The second-order valence-corrected chi connectivity index (χ2v) is 4.61. The Bertz CT molecular complexity index is 368. The predicted molar refractivity (Wildman–Crippen MR) is 64.9 cm³/mol. The van der Waals surface area contributed by atoms with Gasteiger partial charge in [0.05, 0.1) is 6.42 Å². The first-order chi connectivity index (χ1) is 7.65. The van der Waals surface area contributed by atoms with E-state index in [1.54, 1.807) is 0 Å². The van der Waals surface area contributed by atoms with Crippen molar-refractivity contribution in [2.24, 2.45) is 5.92 Å². The predicted octanol–water partition coefficient (Wildman–Crippen LogP) is 1.73. The van der Waals surface area contributed by atoms with Crippen LogP contribution in [0.2, 0.25) is 0 Å². The topological polar surface area (TPSA) is 55.1 Å². The molecule has 1 aromatic rings. The van der Waals surface area contributed by atoms with Gasteiger partial charge in [-0.15, -0.1) is 0 Å². The number of nitrogens with two attached hydrogens (primary N) is 1. The molecule has 0 bridgehead atoms. The Balaban J connectivity index is 1.84. The molecular weight excluding hydrogens is 200 g/mol. The summed E-state index contributed by atoms with van der Waals surface area (Å²) in [6, 6.07) is 7.77. The average Bonchev–Trinajstić information content (AvgIpc) is 3.04. The van der Waals surface area contributed by atoms with Crippen LogP contribution in [0.1, 0.15) is 25.3 Å². The lowest BCUT2D eigenvalue weighted by Crippen LogP contribution is -2.35. The van der Waals surface area contributed by atoms with E-state index < -0.39 is 0 Å². The van der Waals surface area contributed by atoms with E-state index in [2.05, 4.69) is 12.2 Å². The minimum Gasteiger partial charge on any atom is -0.399 e. The van der Waals surface area contributed by atoms with Gasteiger partial charge < -0.3 is 11.1 Å². The van der Waals surface area contributed by atoms with Crippen LogP contribution in [0.5, 0.6) is 0 Å². The van der Waals surface area contributed by atoms with Crippen LogP contribution in [-0.2, 0) is 11.2 Å². The molecule has 3 N–H and O–H groups in total. The van der Waals surface area contributed by atoms with Crippen LogP contribution in [-0.4, -0.2) is 11.9 Å². The molecule has 16 heavy (non-hydrogen) atoms. The number of carbonyl (C=O) groups is 1. The van der Waals surface area contributed by atoms with Crippen molar-refractivity contribution in [2.45, 2.75) is 32.2 Å². The SMILES string of the molecule is CC(NC(=O)Cc1ccc(N)cc1)C1CC1. The fourth-order valence-corrected chi connectivity index (χ4v) is 1.84. The molecule has 2 rings (SSSR count). The molecule has 1 unspecified atom stereocenters. The third-order valence-corrected chi connectivity index (χ3v) is 3.06. The fraction of sp³-hybridized carbons (Fsp3) is 0.462. The Hall–Kier alpha value is -1.51. The maximum atomic E-state index is 11.7. The summed E-state index contributed by atoms with van der Waals surface area (Å²) in [5, 5.41) is 3.03. The molecule has 1 saturated carbocycles. The van der Waals surface area contributed by atoms with E-state index in [0.717, 1.165) is 11.3 Å². The third-order valence-electron chi connectivity index (χ3n) is 3.06. The van der Waals surface area contributed by atoms with Gasteiger partial charge in [-0.1, -0.05) is 12.1 Å². The zero-order valence-electron chi connectivity index (χ0n) is 9.57. The highest BCUT2D eigenvalue weighted by atomic mass is 16.1. The molecule has 86 valence electrons. The largest absolute Gasteiger partial charge is 0.399 e. The molecule has 0 heterocycles. The third kappa shape index (κ3) is 2.99. The number of amides is 1. The molecule has 1 aromatic carbocycles. The molecule has 3 heteroatoms.